The van der Waals surface area contributed by atoms with E-state index in [1.165, 1.54) is 6.42 Å². The third-order valence-corrected chi connectivity index (χ3v) is 6.56. The van der Waals surface area contributed by atoms with Gasteiger partial charge in [-0.3, -0.25) is 5.10 Å². The van der Waals surface area contributed by atoms with Crippen molar-refractivity contribution < 1.29 is 5.11 Å². The Hall–Kier alpha value is -2.61. The highest BCUT2D eigenvalue weighted by atomic mass is 16.3. The highest BCUT2D eigenvalue weighted by Crippen LogP contribution is 2.47. The van der Waals surface area contributed by atoms with Gasteiger partial charge in [0.1, 0.15) is 11.5 Å². The number of nitrogens with zero attached hydrogens (tertiary/aromatic N) is 3. The van der Waals surface area contributed by atoms with Gasteiger partial charge in [0.05, 0.1) is 11.0 Å². The summed E-state index contributed by atoms with van der Waals surface area (Å²) in [6, 6.07) is 4.17. The molecule has 5 unspecified atom stereocenters. The fourth-order valence-electron chi connectivity index (χ4n) is 5.57. The number of fused-ring (bicyclic) bond motifs is 3. The zero-order chi connectivity index (χ0) is 20.2. The number of rotatable bonds is 4. The predicted molar refractivity (Wildman–Crippen MR) is 113 cm³/mol. The monoisotopic (exact) mass is 395 g/mol. The Morgan fingerprint density at radius 1 is 1.24 bits per heavy atom. The molecular weight excluding hydrogens is 366 g/mol. The number of aryl methyl sites for hydroxylation is 1. The molecule has 0 amide bonds. The van der Waals surface area contributed by atoms with Gasteiger partial charge in [-0.2, -0.15) is 15.1 Å². The van der Waals surface area contributed by atoms with Crippen molar-refractivity contribution in [2.75, 3.05) is 10.6 Å². The Labute approximate surface area is 169 Å². The summed E-state index contributed by atoms with van der Waals surface area (Å²) in [6.45, 7) is 6.25. The molecule has 0 spiro atoms. The quantitative estimate of drug-likeness (QED) is 0.460. The van der Waals surface area contributed by atoms with E-state index in [1.807, 2.05) is 32.2 Å². The van der Waals surface area contributed by atoms with Crippen molar-refractivity contribution in [1.82, 2.24) is 25.1 Å². The van der Waals surface area contributed by atoms with Gasteiger partial charge < -0.3 is 20.7 Å². The molecule has 3 aromatic heterocycles. The molecular formula is C21H29N7O. The van der Waals surface area contributed by atoms with Gasteiger partial charge in [0.15, 0.2) is 5.82 Å². The summed E-state index contributed by atoms with van der Waals surface area (Å²) in [5.74, 6) is 3.62. The predicted octanol–water partition coefficient (Wildman–Crippen LogP) is 3.72. The second kappa shape index (κ2) is 6.73. The summed E-state index contributed by atoms with van der Waals surface area (Å²) >= 11 is 0. The third-order valence-electron chi connectivity index (χ3n) is 6.56. The van der Waals surface area contributed by atoms with Crippen LogP contribution in [-0.4, -0.2) is 41.9 Å². The second-order valence-corrected chi connectivity index (χ2v) is 9.35. The number of H-pyrrole nitrogens is 2. The molecule has 3 heterocycles. The van der Waals surface area contributed by atoms with E-state index >= 15 is 0 Å². The molecule has 2 aliphatic carbocycles. The van der Waals surface area contributed by atoms with Crippen LogP contribution in [-0.2, 0) is 0 Å². The lowest BCUT2D eigenvalue weighted by Gasteiger charge is -2.49. The molecule has 5 N–H and O–H groups in total. The Kier molecular flexibility index (Phi) is 4.27. The van der Waals surface area contributed by atoms with E-state index in [4.69, 9.17) is 9.97 Å². The normalized spacial score (nSPS) is 31.7. The maximum absolute atomic E-state index is 10.7. The smallest absolute Gasteiger partial charge is 0.226 e. The van der Waals surface area contributed by atoms with Crippen LogP contribution in [0, 0.1) is 24.7 Å². The van der Waals surface area contributed by atoms with E-state index in [9.17, 15) is 5.11 Å². The number of aromatic nitrogens is 5. The standard InChI is InChI=1S/C21H29N7O/c1-11-6-13-8-14(10-21(3,29)9-13)17(11)24-20-25-18-15(4-5-22-18)19(26-20)23-16-7-12(2)27-28-16/h4-5,7,11,13-14,17,29H,6,8-10H2,1-3H3,(H4,22,23,24,25,26,27,28). The Morgan fingerprint density at radius 3 is 2.90 bits per heavy atom. The first-order valence-electron chi connectivity index (χ1n) is 10.5. The second-order valence-electron chi connectivity index (χ2n) is 9.35. The number of aromatic amines is 2. The summed E-state index contributed by atoms with van der Waals surface area (Å²) in [7, 11) is 0. The highest BCUT2D eigenvalue weighted by molar-refractivity contribution is 5.89. The Morgan fingerprint density at radius 2 is 2.10 bits per heavy atom. The zero-order valence-corrected chi connectivity index (χ0v) is 17.2. The summed E-state index contributed by atoms with van der Waals surface area (Å²) in [6.07, 6.45) is 5.92. The van der Waals surface area contributed by atoms with Crippen molar-refractivity contribution in [3.8, 4) is 0 Å². The molecule has 154 valence electrons. The van der Waals surface area contributed by atoms with Crippen LogP contribution in [0.25, 0.3) is 11.0 Å². The van der Waals surface area contributed by atoms with Crippen molar-refractivity contribution in [1.29, 1.82) is 0 Å². The van der Waals surface area contributed by atoms with Crippen molar-refractivity contribution in [2.45, 2.75) is 58.1 Å². The van der Waals surface area contributed by atoms with E-state index in [1.54, 1.807) is 0 Å². The average Bonchev–Trinajstić information content (AvgIpc) is 3.26. The van der Waals surface area contributed by atoms with Gasteiger partial charge in [0.25, 0.3) is 0 Å². The topological polar surface area (TPSA) is 115 Å². The van der Waals surface area contributed by atoms with Gasteiger partial charge >= 0.3 is 0 Å². The van der Waals surface area contributed by atoms with Crippen LogP contribution in [0.3, 0.4) is 0 Å². The average molecular weight is 396 g/mol. The molecule has 0 radical (unpaired) electrons. The first kappa shape index (κ1) is 18.4. The zero-order valence-electron chi connectivity index (χ0n) is 17.2. The van der Waals surface area contributed by atoms with E-state index in [-0.39, 0.29) is 6.04 Å². The molecule has 2 fully saturated rings. The minimum Gasteiger partial charge on any atom is -0.390 e. The summed E-state index contributed by atoms with van der Waals surface area (Å²) in [5, 5.41) is 25.7. The summed E-state index contributed by atoms with van der Waals surface area (Å²) < 4.78 is 0. The van der Waals surface area contributed by atoms with Crippen molar-refractivity contribution in [3.05, 3.63) is 24.0 Å². The number of anilines is 3. The van der Waals surface area contributed by atoms with Crippen LogP contribution in [0.2, 0.25) is 0 Å². The van der Waals surface area contributed by atoms with Crippen molar-refractivity contribution in [3.63, 3.8) is 0 Å². The summed E-state index contributed by atoms with van der Waals surface area (Å²) in [4.78, 5) is 12.7. The molecule has 5 atom stereocenters. The minimum atomic E-state index is -0.567. The van der Waals surface area contributed by atoms with Gasteiger partial charge in [-0.05, 0) is 63.4 Å². The number of hydrogen-bond acceptors (Lipinski definition) is 6. The maximum atomic E-state index is 10.7. The lowest BCUT2D eigenvalue weighted by molar-refractivity contribution is -0.0502. The van der Waals surface area contributed by atoms with E-state index < -0.39 is 5.60 Å². The first-order valence-corrected chi connectivity index (χ1v) is 10.5. The van der Waals surface area contributed by atoms with Crippen LogP contribution in [0.5, 0.6) is 0 Å². The molecule has 0 saturated heterocycles. The first-order chi connectivity index (χ1) is 13.9. The molecule has 8 heteroatoms. The van der Waals surface area contributed by atoms with Crippen LogP contribution in [0.4, 0.5) is 17.6 Å². The molecule has 0 aliphatic heterocycles. The largest absolute Gasteiger partial charge is 0.390 e. The summed E-state index contributed by atoms with van der Waals surface area (Å²) in [5.41, 5.74) is 1.21. The fraction of sp³-hybridized carbons (Fsp3) is 0.571. The maximum Gasteiger partial charge on any atom is 0.226 e. The molecule has 2 saturated carbocycles. The van der Waals surface area contributed by atoms with Gasteiger partial charge in [0.2, 0.25) is 5.95 Å². The van der Waals surface area contributed by atoms with E-state index in [2.05, 4.69) is 32.7 Å². The van der Waals surface area contributed by atoms with Gasteiger partial charge in [0, 0.05) is 24.0 Å². The lowest BCUT2D eigenvalue weighted by Crippen LogP contribution is -2.50. The third kappa shape index (κ3) is 3.57. The highest BCUT2D eigenvalue weighted by Gasteiger charge is 2.45. The molecule has 8 nitrogen and oxygen atoms in total. The number of hydrogen-bond donors (Lipinski definition) is 5. The Balaban J connectivity index is 1.44. The van der Waals surface area contributed by atoms with Crippen molar-refractivity contribution in [2.24, 2.45) is 17.8 Å². The molecule has 5 rings (SSSR count). The van der Waals surface area contributed by atoms with Crippen LogP contribution in [0.1, 0.15) is 45.2 Å². The lowest BCUT2D eigenvalue weighted by atomic mass is 9.61. The molecule has 2 aliphatic rings. The molecule has 2 bridgehead atoms. The van der Waals surface area contributed by atoms with Crippen LogP contribution >= 0.6 is 0 Å². The number of nitrogens with one attached hydrogen (secondary N) is 4. The van der Waals surface area contributed by atoms with E-state index in [0.717, 1.165) is 47.6 Å². The minimum absolute atomic E-state index is 0.255. The fourth-order valence-corrected chi connectivity index (χ4v) is 5.57. The van der Waals surface area contributed by atoms with Gasteiger partial charge in [-0.15, -0.1) is 0 Å². The molecule has 3 aromatic rings. The SMILES string of the molecule is Cc1cc(Nc2nc(NC3C(C)CC4CC3CC(C)(O)C4)nc3[nH]ccc23)n[nH]1. The molecule has 0 aromatic carbocycles. The Bertz CT molecular complexity index is 1020. The van der Waals surface area contributed by atoms with Crippen LogP contribution in [0.15, 0.2) is 18.3 Å². The van der Waals surface area contributed by atoms with Crippen molar-refractivity contribution >= 4 is 28.6 Å². The van der Waals surface area contributed by atoms with E-state index in [0.29, 0.717) is 23.7 Å². The van der Waals surface area contributed by atoms with Gasteiger partial charge in [-0.1, -0.05) is 6.92 Å². The van der Waals surface area contributed by atoms with Crippen LogP contribution < -0.4 is 10.6 Å². The number of aliphatic hydroxyl groups is 1. The molecule has 29 heavy (non-hydrogen) atoms. The van der Waals surface area contributed by atoms with Gasteiger partial charge in [-0.25, -0.2) is 0 Å².